The Labute approximate surface area is 110 Å². The second-order valence-corrected chi connectivity index (χ2v) is 4.68. The standard InChI is InChI=1S/C14H14N2O3/c17-14(18)8-19-13-2-1-10-5-12(6-11(10)7-13)16-4-3-15-9-16/h1-4,7,9,12H,5-6,8H2,(H,17,18). The minimum Gasteiger partial charge on any atom is -0.482 e. The maximum atomic E-state index is 10.5. The van der Waals surface area contributed by atoms with Crippen molar-refractivity contribution in [2.75, 3.05) is 6.61 Å². The van der Waals surface area contributed by atoms with Gasteiger partial charge in [0.1, 0.15) is 5.75 Å². The first-order valence-corrected chi connectivity index (χ1v) is 6.16. The predicted molar refractivity (Wildman–Crippen MR) is 68.2 cm³/mol. The van der Waals surface area contributed by atoms with Crippen molar-refractivity contribution in [2.24, 2.45) is 0 Å². The molecule has 1 aliphatic rings. The summed E-state index contributed by atoms with van der Waals surface area (Å²) in [6.07, 6.45) is 7.49. The second kappa shape index (κ2) is 4.76. The Kier molecular flexibility index (Phi) is 2.95. The van der Waals surface area contributed by atoms with Gasteiger partial charge in [0.05, 0.1) is 6.33 Å². The normalized spacial score (nSPS) is 17.2. The summed E-state index contributed by atoms with van der Waals surface area (Å²) in [6.45, 7) is -0.302. The smallest absolute Gasteiger partial charge is 0.341 e. The van der Waals surface area contributed by atoms with E-state index in [9.17, 15) is 4.79 Å². The van der Waals surface area contributed by atoms with Gasteiger partial charge in [-0.3, -0.25) is 0 Å². The molecule has 1 unspecified atom stereocenters. The molecule has 0 aliphatic heterocycles. The van der Waals surface area contributed by atoms with Gasteiger partial charge in [-0.15, -0.1) is 0 Å². The lowest BCUT2D eigenvalue weighted by atomic mass is 10.1. The van der Waals surface area contributed by atoms with E-state index in [1.54, 1.807) is 6.20 Å². The van der Waals surface area contributed by atoms with Gasteiger partial charge in [-0.25, -0.2) is 9.78 Å². The molecular formula is C14H14N2O3. The SMILES string of the molecule is O=C(O)COc1ccc2c(c1)CC(n1ccnc1)C2. The lowest BCUT2D eigenvalue weighted by molar-refractivity contribution is -0.139. The summed E-state index contributed by atoms with van der Waals surface area (Å²) in [5, 5.41) is 8.60. The molecule has 1 aromatic carbocycles. The second-order valence-electron chi connectivity index (χ2n) is 4.68. The molecule has 1 N–H and O–H groups in total. The van der Waals surface area contributed by atoms with Crippen molar-refractivity contribution in [3.8, 4) is 5.75 Å². The van der Waals surface area contributed by atoms with Crippen molar-refractivity contribution >= 4 is 5.97 Å². The number of fused-ring (bicyclic) bond motifs is 1. The molecule has 0 radical (unpaired) electrons. The summed E-state index contributed by atoms with van der Waals surface area (Å²) in [5.74, 6) is -0.343. The predicted octanol–water partition coefficient (Wildman–Crippen LogP) is 1.69. The molecule has 0 spiro atoms. The fraction of sp³-hybridized carbons (Fsp3) is 0.286. The van der Waals surface area contributed by atoms with Crippen LogP contribution in [0.15, 0.2) is 36.9 Å². The Balaban J connectivity index is 1.74. The molecule has 1 aliphatic carbocycles. The Bertz CT molecular complexity index is 593. The molecule has 1 heterocycles. The highest BCUT2D eigenvalue weighted by Crippen LogP contribution is 2.32. The number of benzene rings is 1. The van der Waals surface area contributed by atoms with Crippen LogP contribution in [0.5, 0.6) is 5.75 Å². The zero-order chi connectivity index (χ0) is 13.2. The number of carbonyl (C=O) groups is 1. The van der Waals surface area contributed by atoms with Gasteiger partial charge in [0.25, 0.3) is 0 Å². The summed E-state index contributed by atoms with van der Waals surface area (Å²) in [4.78, 5) is 14.5. The van der Waals surface area contributed by atoms with E-state index in [0.717, 1.165) is 12.8 Å². The van der Waals surface area contributed by atoms with Crippen LogP contribution in [0.4, 0.5) is 0 Å². The molecule has 98 valence electrons. The van der Waals surface area contributed by atoms with Crippen LogP contribution in [-0.4, -0.2) is 27.2 Å². The number of nitrogens with zero attached hydrogens (tertiary/aromatic N) is 2. The lowest BCUT2D eigenvalue weighted by Crippen LogP contribution is -2.09. The topological polar surface area (TPSA) is 64.3 Å². The van der Waals surface area contributed by atoms with Crippen LogP contribution >= 0.6 is 0 Å². The average molecular weight is 258 g/mol. The van der Waals surface area contributed by atoms with Gasteiger partial charge < -0.3 is 14.4 Å². The number of carboxylic acids is 1. The van der Waals surface area contributed by atoms with Crippen molar-refractivity contribution in [3.05, 3.63) is 48.0 Å². The third kappa shape index (κ3) is 2.45. The molecule has 1 aromatic heterocycles. The van der Waals surface area contributed by atoms with Gasteiger partial charge in [0, 0.05) is 18.4 Å². The van der Waals surface area contributed by atoms with E-state index in [-0.39, 0.29) is 6.61 Å². The minimum atomic E-state index is -0.961. The molecule has 2 aromatic rings. The number of hydrogen-bond acceptors (Lipinski definition) is 3. The van der Waals surface area contributed by atoms with Gasteiger partial charge in [0.15, 0.2) is 6.61 Å². The van der Waals surface area contributed by atoms with E-state index in [1.807, 2.05) is 30.7 Å². The van der Waals surface area contributed by atoms with Gasteiger partial charge in [-0.1, -0.05) is 6.07 Å². The van der Waals surface area contributed by atoms with Crippen LogP contribution in [0.2, 0.25) is 0 Å². The number of aliphatic carboxylic acids is 1. The van der Waals surface area contributed by atoms with Crippen LogP contribution in [0, 0.1) is 0 Å². The van der Waals surface area contributed by atoms with Gasteiger partial charge in [-0.2, -0.15) is 0 Å². The third-order valence-corrected chi connectivity index (χ3v) is 3.40. The van der Waals surface area contributed by atoms with E-state index in [0.29, 0.717) is 11.8 Å². The van der Waals surface area contributed by atoms with Crippen molar-refractivity contribution in [1.29, 1.82) is 0 Å². The Morgan fingerprint density at radius 1 is 1.42 bits per heavy atom. The van der Waals surface area contributed by atoms with Crippen molar-refractivity contribution in [2.45, 2.75) is 18.9 Å². The molecule has 5 nitrogen and oxygen atoms in total. The number of hydrogen-bond donors (Lipinski definition) is 1. The van der Waals surface area contributed by atoms with Crippen LogP contribution in [0.1, 0.15) is 17.2 Å². The molecular weight excluding hydrogens is 244 g/mol. The molecule has 0 amide bonds. The van der Waals surface area contributed by atoms with Crippen LogP contribution in [0.25, 0.3) is 0 Å². The summed E-state index contributed by atoms with van der Waals surface area (Å²) in [6, 6.07) is 6.18. The van der Waals surface area contributed by atoms with E-state index in [1.165, 1.54) is 11.1 Å². The number of ether oxygens (including phenoxy) is 1. The van der Waals surface area contributed by atoms with E-state index >= 15 is 0 Å². The van der Waals surface area contributed by atoms with Crippen molar-refractivity contribution < 1.29 is 14.6 Å². The summed E-state index contributed by atoms with van der Waals surface area (Å²) >= 11 is 0. The monoisotopic (exact) mass is 258 g/mol. The Morgan fingerprint density at radius 3 is 3.00 bits per heavy atom. The van der Waals surface area contributed by atoms with Gasteiger partial charge in [-0.05, 0) is 36.1 Å². The number of rotatable bonds is 4. The molecule has 19 heavy (non-hydrogen) atoms. The van der Waals surface area contributed by atoms with Gasteiger partial charge >= 0.3 is 5.97 Å². The Morgan fingerprint density at radius 2 is 2.26 bits per heavy atom. The van der Waals surface area contributed by atoms with Crippen LogP contribution in [-0.2, 0) is 17.6 Å². The summed E-state index contributed by atoms with van der Waals surface area (Å²) in [7, 11) is 0. The van der Waals surface area contributed by atoms with Crippen LogP contribution < -0.4 is 4.74 Å². The van der Waals surface area contributed by atoms with E-state index in [4.69, 9.17) is 9.84 Å². The molecule has 0 saturated carbocycles. The first-order chi connectivity index (χ1) is 9.22. The zero-order valence-corrected chi connectivity index (χ0v) is 10.3. The third-order valence-electron chi connectivity index (χ3n) is 3.40. The maximum Gasteiger partial charge on any atom is 0.341 e. The number of imidazole rings is 1. The minimum absolute atomic E-state index is 0.302. The molecule has 0 bridgehead atoms. The van der Waals surface area contributed by atoms with Gasteiger partial charge in [0.2, 0.25) is 0 Å². The fourth-order valence-corrected chi connectivity index (χ4v) is 2.50. The molecule has 0 saturated heterocycles. The molecule has 1 atom stereocenters. The highest BCUT2D eigenvalue weighted by Gasteiger charge is 2.22. The maximum absolute atomic E-state index is 10.5. The van der Waals surface area contributed by atoms with E-state index < -0.39 is 5.97 Å². The average Bonchev–Trinajstić information content (AvgIpc) is 3.04. The molecule has 3 rings (SSSR count). The first-order valence-electron chi connectivity index (χ1n) is 6.16. The van der Waals surface area contributed by atoms with Crippen LogP contribution in [0.3, 0.4) is 0 Å². The van der Waals surface area contributed by atoms with Crippen molar-refractivity contribution in [1.82, 2.24) is 9.55 Å². The highest BCUT2D eigenvalue weighted by atomic mass is 16.5. The number of carboxylic acid groups (broad SMARTS) is 1. The zero-order valence-electron chi connectivity index (χ0n) is 10.3. The lowest BCUT2D eigenvalue weighted by Gasteiger charge is -2.09. The first kappa shape index (κ1) is 11.8. The van der Waals surface area contributed by atoms with E-state index in [2.05, 4.69) is 9.55 Å². The highest BCUT2D eigenvalue weighted by molar-refractivity contribution is 5.68. The largest absolute Gasteiger partial charge is 0.482 e. The quantitative estimate of drug-likeness (QED) is 0.906. The molecule has 5 heteroatoms. The fourth-order valence-electron chi connectivity index (χ4n) is 2.50. The van der Waals surface area contributed by atoms with Crippen molar-refractivity contribution in [3.63, 3.8) is 0 Å². The number of aromatic nitrogens is 2. The summed E-state index contributed by atoms with van der Waals surface area (Å²) < 4.78 is 7.31. The Hall–Kier alpha value is -2.30. The summed E-state index contributed by atoms with van der Waals surface area (Å²) in [5.41, 5.74) is 2.52. The molecule has 0 fully saturated rings.